The lowest BCUT2D eigenvalue weighted by Crippen LogP contribution is -2.33. The van der Waals surface area contributed by atoms with Crippen LogP contribution < -0.4 is 5.73 Å². The average Bonchev–Trinajstić information content (AvgIpc) is 2.21. The number of aryl methyl sites for hydroxylation is 1. The molecule has 0 amide bonds. The topological polar surface area (TPSA) is 92.8 Å². The monoisotopic (exact) mass is 225 g/mol. The molecule has 1 unspecified atom stereocenters. The van der Waals surface area contributed by atoms with E-state index in [1.165, 1.54) is 19.2 Å². The SMILES string of the molecule is COC(=O)C(N)Cc1c(C)cc(O)cc1O. The van der Waals surface area contributed by atoms with Crippen molar-refractivity contribution in [3.63, 3.8) is 0 Å². The molecule has 0 bridgehead atoms. The summed E-state index contributed by atoms with van der Waals surface area (Å²) in [6.45, 7) is 1.72. The first-order valence-electron chi connectivity index (χ1n) is 4.80. The van der Waals surface area contributed by atoms with Crippen molar-refractivity contribution in [2.24, 2.45) is 5.73 Å². The molecular formula is C11H15NO4. The minimum Gasteiger partial charge on any atom is -0.508 e. The Hall–Kier alpha value is -1.75. The molecule has 0 spiro atoms. The molecule has 1 aromatic carbocycles. The molecule has 0 fully saturated rings. The van der Waals surface area contributed by atoms with E-state index in [9.17, 15) is 15.0 Å². The van der Waals surface area contributed by atoms with Crippen LogP contribution in [0.2, 0.25) is 0 Å². The summed E-state index contributed by atoms with van der Waals surface area (Å²) in [6.07, 6.45) is 0.171. The number of carbonyl (C=O) groups excluding carboxylic acids is 1. The summed E-state index contributed by atoms with van der Waals surface area (Å²) in [7, 11) is 1.26. The lowest BCUT2D eigenvalue weighted by Gasteiger charge is -2.13. The number of methoxy groups -OCH3 is 1. The fourth-order valence-electron chi connectivity index (χ4n) is 1.50. The van der Waals surface area contributed by atoms with Gasteiger partial charge < -0.3 is 20.7 Å². The number of benzene rings is 1. The van der Waals surface area contributed by atoms with Crippen molar-refractivity contribution in [1.29, 1.82) is 0 Å². The number of hydrogen-bond acceptors (Lipinski definition) is 5. The van der Waals surface area contributed by atoms with E-state index in [4.69, 9.17) is 5.73 Å². The fourth-order valence-corrected chi connectivity index (χ4v) is 1.50. The summed E-state index contributed by atoms with van der Waals surface area (Å²) in [6, 6.07) is 1.89. The van der Waals surface area contributed by atoms with Gasteiger partial charge >= 0.3 is 5.97 Å². The van der Waals surface area contributed by atoms with Gasteiger partial charge in [-0.05, 0) is 24.1 Å². The minimum atomic E-state index is -0.820. The molecule has 0 saturated heterocycles. The molecule has 0 aromatic heterocycles. The van der Waals surface area contributed by atoms with Gasteiger partial charge in [-0.25, -0.2) is 0 Å². The second-order valence-electron chi connectivity index (χ2n) is 3.59. The number of nitrogens with two attached hydrogens (primary N) is 1. The highest BCUT2D eigenvalue weighted by Crippen LogP contribution is 2.27. The summed E-state index contributed by atoms with van der Waals surface area (Å²) in [5, 5.41) is 18.8. The van der Waals surface area contributed by atoms with E-state index in [0.29, 0.717) is 11.1 Å². The first-order chi connectivity index (χ1) is 7.45. The van der Waals surface area contributed by atoms with Crippen molar-refractivity contribution < 1.29 is 19.7 Å². The van der Waals surface area contributed by atoms with E-state index in [-0.39, 0.29) is 17.9 Å². The quantitative estimate of drug-likeness (QED) is 0.649. The third-order valence-corrected chi connectivity index (χ3v) is 2.36. The molecule has 5 heteroatoms. The molecule has 0 saturated carbocycles. The summed E-state index contributed by atoms with van der Waals surface area (Å²) >= 11 is 0. The van der Waals surface area contributed by atoms with Crippen LogP contribution in [0, 0.1) is 6.92 Å². The van der Waals surface area contributed by atoms with Crippen LogP contribution in [0.4, 0.5) is 0 Å². The minimum absolute atomic E-state index is 0.0228. The number of aromatic hydroxyl groups is 2. The first kappa shape index (κ1) is 12.3. The molecule has 0 aliphatic heterocycles. The van der Waals surface area contributed by atoms with Gasteiger partial charge in [0.05, 0.1) is 7.11 Å². The van der Waals surface area contributed by atoms with Crippen LogP contribution in [-0.2, 0) is 16.0 Å². The van der Waals surface area contributed by atoms with E-state index in [1.54, 1.807) is 6.92 Å². The molecule has 5 nitrogen and oxygen atoms in total. The van der Waals surface area contributed by atoms with Crippen molar-refractivity contribution in [1.82, 2.24) is 0 Å². The van der Waals surface area contributed by atoms with Crippen LogP contribution in [0.25, 0.3) is 0 Å². The predicted octanol–water partition coefficient (Wildman–Crippen LogP) is 0.449. The Morgan fingerprint density at radius 2 is 2.12 bits per heavy atom. The molecule has 0 radical (unpaired) electrons. The smallest absolute Gasteiger partial charge is 0.322 e. The Kier molecular flexibility index (Phi) is 3.73. The van der Waals surface area contributed by atoms with Gasteiger partial charge in [0, 0.05) is 12.5 Å². The zero-order valence-electron chi connectivity index (χ0n) is 9.23. The molecule has 88 valence electrons. The van der Waals surface area contributed by atoms with E-state index < -0.39 is 12.0 Å². The highest BCUT2D eigenvalue weighted by Gasteiger charge is 2.18. The Bertz CT molecular complexity index is 380. The lowest BCUT2D eigenvalue weighted by molar-refractivity contribution is -0.142. The number of ether oxygens (including phenoxy) is 1. The van der Waals surface area contributed by atoms with Gasteiger partial charge in [-0.2, -0.15) is 0 Å². The Labute approximate surface area is 93.5 Å². The molecular weight excluding hydrogens is 210 g/mol. The fraction of sp³-hybridized carbons (Fsp3) is 0.364. The second kappa shape index (κ2) is 4.85. The normalized spacial score (nSPS) is 12.2. The van der Waals surface area contributed by atoms with Crippen LogP contribution >= 0.6 is 0 Å². The van der Waals surface area contributed by atoms with E-state index >= 15 is 0 Å². The number of phenolic OH excluding ortho intramolecular Hbond substituents is 2. The van der Waals surface area contributed by atoms with Crippen LogP contribution in [0.1, 0.15) is 11.1 Å². The van der Waals surface area contributed by atoms with E-state index in [2.05, 4.69) is 4.74 Å². The van der Waals surface area contributed by atoms with Crippen LogP contribution in [-0.4, -0.2) is 29.3 Å². The zero-order chi connectivity index (χ0) is 12.3. The van der Waals surface area contributed by atoms with Crippen LogP contribution in [0.15, 0.2) is 12.1 Å². The molecule has 16 heavy (non-hydrogen) atoms. The number of carbonyl (C=O) groups is 1. The number of hydrogen-bond donors (Lipinski definition) is 3. The molecule has 1 rings (SSSR count). The maximum absolute atomic E-state index is 11.1. The average molecular weight is 225 g/mol. The van der Waals surface area contributed by atoms with Gasteiger partial charge in [-0.3, -0.25) is 4.79 Å². The number of rotatable bonds is 3. The largest absolute Gasteiger partial charge is 0.508 e. The van der Waals surface area contributed by atoms with Gasteiger partial charge in [-0.15, -0.1) is 0 Å². The van der Waals surface area contributed by atoms with Crippen molar-refractivity contribution in [3.05, 3.63) is 23.3 Å². The Morgan fingerprint density at radius 3 is 2.62 bits per heavy atom. The highest BCUT2D eigenvalue weighted by molar-refractivity contribution is 5.76. The predicted molar refractivity (Wildman–Crippen MR) is 58.2 cm³/mol. The zero-order valence-corrected chi connectivity index (χ0v) is 9.23. The third-order valence-electron chi connectivity index (χ3n) is 2.36. The summed E-state index contributed by atoms with van der Waals surface area (Å²) in [5.41, 5.74) is 6.80. The molecule has 0 aliphatic rings. The highest BCUT2D eigenvalue weighted by atomic mass is 16.5. The van der Waals surface area contributed by atoms with Crippen LogP contribution in [0.3, 0.4) is 0 Å². The van der Waals surface area contributed by atoms with Gasteiger partial charge in [0.1, 0.15) is 17.5 Å². The third kappa shape index (κ3) is 2.64. The van der Waals surface area contributed by atoms with Crippen molar-refractivity contribution >= 4 is 5.97 Å². The first-order valence-corrected chi connectivity index (χ1v) is 4.80. The second-order valence-corrected chi connectivity index (χ2v) is 3.59. The molecule has 1 atom stereocenters. The maximum atomic E-state index is 11.1. The molecule has 0 aliphatic carbocycles. The Balaban J connectivity index is 2.93. The van der Waals surface area contributed by atoms with Gasteiger partial charge in [0.2, 0.25) is 0 Å². The molecule has 1 aromatic rings. The van der Waals surface area contributed by atoms with Crippen LogP contribution in [0.5, 0.6) is 11.5 Å². The van der Waals surface area contributed by atoms with Crippen molar-refractivity contribution in [2.45, 2.75) is 19.4 Å². The molecule has 4 N–H and O–H groups in total. The van der Waals surface area contributed by atoms with Crippen molar-refractivity contribution in [3.8, 4) is 11.5 Å². The Morgan fingerprint density at radius 1 is 1.50 bits per heavy atom. The van der Waals surface area contributed by atoms with Gasteiger partial charge in [0.15, 0.2) is 0 Å². The van der Waals surface area contributed by atoms with E-state index in [1.807, 2.05) is 0 Å². The van der Waals surface area contributed by atoms with Crippen molar-refractivity contribution in [2.75, 3.05) is 7.11 Å². The van der Waals surface area contributed by atoms with E-state index in [0.717, 1.165) is 0 Å². The summed E-state index contributed by atoms with van der Waals surface area (Å²) < 4.78 is 4.49. The summed E-state index contributed by atoms with van der Waals surface area (Å²) in [4.78, 5) is 11.1. The standard InChI is InChI=1S/C11H15NO4/c1-6-3-7(13)4-10(14)8(6)5-9(12)11(15)16-2/h3-4,9,13-14H,5,12H2,1-2H3. The number of esters is 1. The number of phenols is 2. The maximum Gasteiger partial charge on any atom is 0.322 e. The lowest BCUT2D eigenvalue weighted by atomic mass is 10.00. The van der Waals surface area contributed by atoms with Gasteiger partial charge in [-0.1, -0.05) is 0 Å². The molecule has 0 heterocycles. The van der Waals surface area contributed by atoms with Gasteiger partial charge in [0.25, 0.3) is 0 Å². The summed E-state index contributed by atoms with van der Waals surface area (Å²) in [5.74, 6) is -0.630.